The van der Waals surface area contributed by atoms with E-state index >= 15 is 0 Å². The molecule has 13 heavy (non-hydrogen) atoms. The summed E-state index contributed by atoms with van der Waals surface area (Å²) in [6.07, 6.45) is 3.14. The Kier molecular flexibility index (Phi) is 2.12. The van der Waals surface area contributed by atoms with Crippen molar-refractivity contribution in [2.75, 3.05) is 0 Å². The van der Waals surface area contributed by atoms with Gasteiger partial charge in [0.25, 0.3) is 0 Å². The lowest BCUT2D eigenvalue weighted by molar-refractivity contribution is 1.06. The summed E-state index contributed by atoms with van der Waals surface area (Å²) in [5, 5.41) is 7.26. The lowest BCUT2D eigenvalue weighted by Gasteiger charge is -1.93. The zero-order chi connectivity index (χ0) is 9.26. The molecule has 0 atom stereocenters. The Morgan fingerprint density at radius 3 is 2.92 bits per heavy atom. The van der Waals surface area contributed by atoms with Gasteiger partial charge in [-0.05, 0) is 6.07 Å². The van der Waals surface area contributed by atoms with Gasteiger partial charge in [0.15, 0.2) is 0 Å². The standard InChI is InChI=1S/C7H4ClN3OS/c8-5-1-4(2-9-3-5)6-10-11-7(12)13-6/h1-3H,(H,11,12). The summed E-state index contributed by atoms with van der Waals surface area (Å²) in [4.78, 5) is 14.5. The fourth-order valence-electron chi connectivity index (χ4n) is 0.882. The first kappa shape index (κ1) is 8.40. The van der Waals surface area contributed by atoms with Gasteiger partial charge in [-0.15, -0.1) is 0 Å². The van der Waals surface area contributed by atoms with Crippen molar-refractivity contribution in [3.8, 4) is 10.6 Å². The minimum Gasteiger partial charge on any atom is -0.262 e. The van der Waals surface area contributed by atoms with Crippen LogP contribution in [0.2, 0.25) is 5.02 Å². The van der Waals surface area contributed by atoms with E-state index in [0.29, 0.717) is 10.0 Å². The normalized spacial score (nSPS) is 10.2. The van der Waals surface area contributed by atoms with E-state index < -0.39 is 0 Å². The van der Waals surface area contributed by atoms with Crippen LogP contribution in [-0.4, -0.2) is 15.2 Å². The molecule has 2 heterocycles. The Morgan fingerprint density at radius 2 is 2.31 bits per heavy atom. The average Bonchev–Trinajstić information content (AvgIpc) is 2.52. The first-order valence-corrected chi connectivity index (χ1v) is 4.61. The highest BCUT2D eigenvalue weighted by Gasteiger charge is 2.03. The number of H-pyrrole nitrogens is 1. The quantitative estimate of drug-likeness (QED) is 0.782. The third-order valence-electron chi connectivity index (χ3n) is 1.39. The predicted molar refractivity (Wildman–Crippen MR) is 51.0 cm³/mol. The molecule has 0 radical (unpaired) electrons. The van der Waals surface area contributed by atoms with Crippen molar-refractivity contribution in [3.05, 3.63) is 33.2 Å². The summed E-state index contributed by atoms with van der Waals surface area (Å²) < 4.78 is 0. The number of nitrogens with one attached hydrogen (secondary N) is 1. The van der Waals surface area contributed by atoms with Gasteiger partial charge in [0.1, 0.15) is 5.01 Å². The number of hydrogen-bond donors (Lipinski definition) is 1. The lowest BCUT2D eigenvalue weighted by Crippen LogP contribution is -1.90. The molecule has 0 aliphatic rings. The fraction of sp³-hybridized carbons (Fsp3) is 0. The molecule has 2 aromatic heterocycles. The first-order valence-electron chi connectivity index (χ1n) is 3.42. The molecule has 0 bridgehead atoms. The minimum absolute atomic E-state index is 0.185. The van der Waals surface area contributed by atoms with Crippen LogP contribution in [0.15, 0.2) is 23.3 Å². The maximum Gasteiger partial charge on any atom is 0.322 e. The van der Waals surface area contributed by atoms with Crippen LogP contribution in [0.4, 0.5) is 0 Å². The van der Waals surface area contributed by atoms with E-state index in [1.165, 1.54) is 6.20 Å². The molecule has 0 fully saturated rings. The van der Waals surface area contributed by atoms with E-state index in [-0.39, 0.29) is 4.87 Å². The van der Waals surface area contributed by atoms with Crippen LogP contribution in [-0.2, 0) is 0 Å². The molecule has 0 amide bonds. The monoisotopic (exact) mass is 213 g/mol. The Bertz CT molecular complexity index is 478. The molecule has 4 nitrogen and oxygen atoms in total. The molecule has 66 valence electrons. The highest BCUT2D eigenvalue weighted by molar-refractivity contribution is 7.12. The Hall–Kier alpha value is -1.20. The Labute approximate surface area is 82.2 Å². The van der Waals surface area contributed by atoms with E-state index in [1.807, 2.05) is 0 Å². The van der Waals surface area contributed by atoms with Crippen LogP contribution in [0.25, 0.3) is 10.6 Å². The molecule has 0 aliphatic heterocycles. The minimum atomic E-state index is -0.185. The molecule has 0 unspecified atom stereocenters. The van der Waals surface area contributed by atoms with Crippen LogP contribution < -0.4 is 4.87 Å². The molecule has 6 heteroatoms. The number of aromatic amines is 1. The van der Waals surface area contributed by atoms with Gasteiger partial charge in [-0.3, -0.25) is 9.78 Å². The second-order valence-electron chi connectivity index (χ2n) is 2.31. The number of pyridine rings is 1. The second kappa shape index (κ2) is 3.27. The zero-order valence-corrected chi connectivity index (χ0v) is 7.89. The third kappa shape index (κ3) is 1.76. The highest BCUT2D eigenvalue weighted by Crippen LogP contribution is 2.20. The maximum atomic E-state index is 10.8. The van der Waals surface area contributed by atoms with Crippen LogP contribution in [0.5, 0.6) is 0 Å². The number of rotatable bonds is 1. The average molecular weight is 214 g/mol. The van der Waals surface area contributed by atoms with Gasteiger partial charge in [0.2, 0.25) is 0 Å². The smallest absolute Gasteiger partial charge is 0.262 e. The third-order valence-corrected chi connectivity index (χ3v) is 2.39. The largest absolute Gasteiger partial charge is 0.322 e. The molecule has 0 aliphatic carbocycles. The van der Waals surface area contributed by atoms with Crippen molar-refractivity contribution in [1.29, 1.82) is 0 Å². The van der Waals surface area contributed by atoms with E-state index in [1.54, 1.807) is 12.3 Å². The lowest BCUT2D eigenvalue weighted by atomic mass is 10.3. The molecule has 0 saturated carbocycles. The van der Waals surface area contributed by atoms with E-state index in [2.05, 4.69) is 15.2 Å². The van der Waals surface area contributed by atoms with Gasteiger partial charge in [0, 0.05) is 18.0 Å². The van der Waals surface area contributed by atoms with Gasteiger partial charge in [-0.1, -0.05) is 22.9 Å². The molecule has 0 aromatic carbocycles. The van der Waals surface area contributed by atoms with Gasteiger partial charge in [-0.2, -0.15) is 5.10 Å². The summed E-state index contributed by atoms with van der Waals surface area (Å²) >= 11 is 6.76. The summed E-state index contributed by atoms with van der Waals surface area (Å²) in [7, 11) is 0. The van der Waals surface area contributed by atoms with Crippen LogP contribution in [0.3, 0.4) is 0 Å². The number of hydrogen-bond acceptors (Lipinski definition) is 4. The zero-order valence-electron chi connectivity index (χ0n) is 6.32. The van der Waals surface area contributed by atoms with E-state index in [0.717, 1.165) is 16.9 Å². The van der Waals surface area contributed by atoms with Crippen LogP contribution >= 0.6 is 22.9 Å². The highest BCUT2D eigenvalue weighted by atomic mass is 35.5. The fourth-order valence-corrected chi connectivity index (χ4v) is 1.64. The van der Waals surface area contributed by atoms with E-state index in [4.69, 9.17) is 11.6 Å². The topological polar surface area (TPSA) is 58.6 Å². The summed E-state index contributed by atoms with van der Waals surface area (Å²) in [6, 6.07) is 1.71. The first-order chi connectivity index (χ1) is 6.25. The van der Waals surface area contributed by atoms with Crippen molar-refractivity contribution in [3.63, 3.8) is 0 Å². The number of nitrogens with zero attached hydrogens (tertiary/aromatic N) is 2. The summed E-state index contributed by atoms with van der Waals surface area (Å²) in [5.74, 6) is 0. The Balaban J connectivity index is 2.52. The molecule has 0 spiro atoms. The van der Waals surface area contributed by atoms with Gasteiger partial charge < -0.3 is 0 Å². The van der Waals surface area contributed by atoms with Crippen molar-refractivity contribution >= 4 is 22.9 Å². The van der Waals surface area contributed by atoms with Gasteiger partial charge in [-0.25, -0.2) is 5.10 Å². The van der Waals surface area contributed by atoms with Crippen molar-refractivity contribution in [1.82, 2.24) is 15.2 Å². The van der Waals surface area contributed by atoms with Crippen molar-refractivity contribution in [2.45, 2.75) is 0 Å². The predicted octanol–water partition coefficient (Wildman–Crippen LogP) is 1.55. The molecule has 2 aromatic rings. The molecular formula is C7H4ClN3OS. The Morgan fingerprint density at radius 1 is 1.46 bits per heavy atom. The van der Waals surface area contributed by atoms with Crippen LogP contribution in [0, 0.1) is 0 Å². The van der Waals surface area contributed by atoms with Gasteiger partial charge >= 0.3 is 4.87 Å². The summed E-state index contributed by atoms with van der Waals surface area (Å²) in [5.41, 5.74) is 0.746. The van der Waals surface area contributed by atoms with E-state index in [9.17, 15) is 4.79 Å². The molecule has 1 N–H and O–H groups in total. The van der Waals surface area contributed by atoms with Crippen molar-refractivity contribution in [2.24, 2.45) is 0 Å². The second-order valence-corrected chi connectivity index (χ2v) is 3.71. The van der Waals surface area contributed by atoms with Crippen LogP contribution in [0.1, 0.15) is 0 Å². The molecular weight excluding hydrogens is 210 g/mol. The summed E-state index contributed by atoms with van der Waals surface area (Å²) in [6.45, 7) is 0. The number of aromatic nitrogens is 3. The molecule has 2 rings (SSSR count). The van der Waals surface area contributed by atoms with Gasteiger partial charge in [0.05, 0.1) is 5.02 Å². The maximum absolute atomic E-state index is 10.8. The van der Waals surface area contributed by atoms with Crippen molar-refractivity contribution < 1.29 is 0 Å². The molecule has 0 saturated heterocycles. The SMILES string of the molecule is O=c1[nH]nc(-c2cncc(Cl)c2)s1. The number of halogens is 1.